The van der Waals surface area contributed by atoms with Crippen LogP contribution in [0, 0.1) is 0 Å². The lowest BCUT2D eigenvalue weighted by molar-refractivity contribution is -0.155. The number of carbonyl (C=O) groups is 3. The summed E-state index contributed by atoms with van der Waals surface area (Å²) in [5, 5.41) is 2.93. The van der Waals surface area contributed by atoms with E-state index in [4.69, 9.17) is 4.74 Å². The summed E-state index contributed by atoms with van der Waals surface area (Å²) in [5.41, 5.74) is 0.823. The monoisotopic (exact) mass is 317 g/mol. The Morgan fingerprint density at radius 2 is 1.70 bits per heavy atom. The molecular weight excluding hydrogens is 294 g/mol. The van der Waals surface area contributed by atoms with E-state index in [1.807, 2.05) is 30.3 Å². The van der Waals surface area contributed by atoms with Gasteiger partial charge >= 0.3 is 5.97 Å². The number of carbonyl (C=O) groups excluding carboxylic acids is 3. The lowest BCUT2D eigenvalue weighted by atomic mass is 9.95. The Kier molecular flexibility index (Phi) is 6.78. The van der Waals surface area contributed by atoms with Crippen molar-refractivity contribution in [2.45, 2.75) is 57.6 Å². The Labute approximate surface area is 136 Å². The highest BCUT2D eigenvalue weighted by Crippen LogP contribution is 2.17. The van der Waals surface area contributed by atoms with Gasteiger partial charge in [0.2, 0.25) is 11.7 Å². The van der Waals surface area contributed by atoms with Crippen LogP contribution in [0.25, 0.3) is 0 Å². The first kappa shape index (κ1) is 17.2. The number of esters is 1. The lowest BCUT2D eigenvalue weighted by Crippen LogP contribution is -2.36. The molecule has 1 amide bonds. The number of hydrogen-bond donors (Lipinski definition) is 1. The zero-order valence-electron chi connectivity index (χ0n) is 13.3. The standard InChI is InChI=1S/C18H23NO4/c20-16(18(22)23-13-14-7-3-1-4-8-14)11-12-17(21)19-15-9-5-2-6-10-15/h1,3-4,7-8,15H,2,5-6,9-13H2,(H,19,21). The molecule has 1 N–H and O–H groups in total. The van der Waals surface area contributed by atoms with E-state index in [9.17, 15) is 14.4 Å². The normalized spacial score (nSPS) is 15.0. The molecule has 2 rings (SSSR count). The van der Waals surface area contributed by atoms with Gasteiger partial charge in [0.1, 0.15) is 6.61 Å². The average Bonchev–Trinajstić information content (AvgIpc) is 2.59. The van der Waals surface area contributed by atoms with Crippen LogP contribution in [0.5, 0.6) is 0 Å². The first-order valence-electron chi connectivity index (χ1n) is 8.18. The zero-order valence-corrected chi connectivity index (χ0v) is 13.3. The van der Waals surface area contributed by atoms with Gasteiger partial charge in [0.05, 0.1) is 0 Å². The molecule has 0 saturated heterocycles. The summed E-state index contributed by atoms with van der Waals surface area (Å²) < 4.78 is 4.95. The summed E-state index contributed by atoms with van der Waals surface area (Å²) in [7, 11) is 0. The van der Waals surface area contributed by atoms with Crippen molar-refractivity contribution in [2.75, 3.05) is 0 Å². The van der Waals surface area contributed by atoms with Gasteiger partial charge in [-0.3, -0.25) is 9.59 Å². The molecule has 5 nitrogen and oxygen atoms in total. The van der Waals surface area contributed by atoms with Crippen molar-refractivity contribution in [2.24, 2.45) is 0 Å². The molecule has 0 unspecified atom stereocenters. The van der Waals surface area contributed by atoms with E-state index in [0.717, 1.165) is 31.2 Å². The number of benzene rings is 1. The second-order valence-electron chi connectivity index (χ2n) is 5.89. The minimum absolute atomic E-state index is 0.0375. The second-order valence-corrected chi connectivity index (χ2v) is 5.89. The van der Waals surface area contributed by atoms with E-state index in [1.165, 1.54) is 6.42 Å². The highest BCUT2D eigenvalue weighted by Gasteiger charge is 2.19. The van der Waals surface area contributed by atoms with Crippen LogP contribution in [0.15, 0.2) is 30.3 Å². The molecule has 0 aliphatic heterocycles. The fraction of sp³-hybridized carbons (Fsp3) is 0.500. The summed E-state index contributed by atoms with van der Waals surface area (Å²) in [4.78, 5) is 35.1. The predicted molar refractivity (Wildman–Crippen MR) is 85.5 cm³/mol. The molecule has 1 aliphatic rings. The highest BCUT2D eigenvalue weighted by atomic mass is 16.5. The lowest BCUT2D eigenvalue weighted by Gasteiger charge is -2.22. The molecule has 0 bridgehead atoms. The van der Waals surface area contributed by atoms with E-state index in [1.54, 1.807) is 0 Å². The SMILES string of the molecule is O=C(CCC(=O)C(=O)OCc1ccccc1)NC1CCCCC1. The molecule has 0 atom stereocenters. The van der Waals surface area contributed by atoms with Gasteiger partial charge in [0.15, 0.2) is 0 Å². The van der Waals surface area contributed by atoms with Gasteiger partial charge in [-0.2, -0.15) is 0 Å². The van der Waals surface area contributed by atoms with Crippen LogP contribution in [0.4, 0.5) is 0 Å². The predicted octanol–water partition coefficient (Wildman–Crippen LogP) is 2.53. The van der Waals surface area contributed by atoms with Crippen molar-refractivity contribution in [3.63, 3.8) is 0 Å². The average molecular weight is 317 g/mol. The van der Waals surface area contributed by atoms with E-state index >= 15 is 0 Å². The van der Waals surface area contributed by atoms with Gasteiger partial charge in [-0.15, -0.1) is 0 Å². The molecule has 124 valence electrons. The van der Waals surface area contributed by atoms with Gasteiger partial charge in [-0.05, 0) is 18.4 Å². The van der Waals surface area contributed by atoms with Gasteiger partial charge in [-0.1, -0.05) is 49.6 Å². The van der Waals surface area contributed by atoms with Gasteiger partial charge in [0, 0.05) is 18.9 Å². The molecule has 0 aromatic heterocycles. The summed E-state index contributed by atoms with van der Waals surface area (Å²) in [6, 6.07) is 9.38. The van der Waals surface area contributed by atoms with Crippen LogP contribution in [0.2, 0.25) is 0 Å². The van der Waals surface area contributed by atoms with E-state index in [-0.39, 0.29) is 31.4 Å². The number of amides is 1. The third kappa shape index (κ3) is 6.22. The summed E-state index contributed by atoms with van der Waals surface area (Å²) in [6.07, 6.45) is 5.42. The van der Waals surface area contributed by atoms with Gasteiger partial charge in [-0.25, -0.2) is 4.79 Å². The molecule has 0 radical (unpaired) electrons. The van der Waals surface area contributed by atoms with Crippen molar-refractivity contribution in [3.8, 4) is 0 Å². The Morgan fingerprint density at radius 3 is 2.39 bits per heavy atom. The third-order valence-corrected chi connectivity index (χ3v) is 3.99. The quantitative estimate of drug-likeness (QED) is 0.619. The molecule has 5 heteroatoms. The van der Waals surface area contributed by atoms with E-state index < -0.39 is 11.8 Å². The molecule has 23 heavy (non-hydrogen) atoms. The van der Waals surface area contributed by atoms with Crippen LogP contribution in [-0.4, -0.2) is 23.7 Å². The first-order valence-corrected chi connectivity index (χ1v) is 8.18. The fourth-order valence-electron chi connectivity index (χ4n) is 2.68. The van der Waals surface area contributed by atoms with Gasteiger partial charge < -0.3 is 10.1 Å². The van der Waals surface area contributed by atoms with Crippen LogP contribution >= 0.6 is 0 Å². The number of ketones is 1. The minimum atomic E-state index is -0.876. The van der Waals surface area contributed by atoms with Gasteiger partial charge in [0.25, 0.3) is 0 Å². The van der Waals surface area contributed by atoms with Crippen LogP contribution < -0.4 is 5.32 Å². The fourth-order valence-corrected chi connectivity index (χ4v) is 2.68. The van der Waals surface area contributed by atoms with Crippen molar-refractivity contribution in [1.29, 1.82) is 0 Å². The largest absolute Gasteiger partial charge is 0.455 e. The molecular formula is C18H23NO4. The molecule has 1 saturated carbocycles. The summed E-state index contributed by atoms with van der Waals surface area (Å²) in [5.74, 6) is -1.69. The number of hydrogen-bond acceptors (Lipinski definition) is 4. The van der Waals surface area contributed by atoms with E-state index in [2.05, 4.69) is 5.32 Å². The molecule has 1 aromatic carbocycles. The topological polar surface area (TPSA) is 72.5 Å². The maximum Gasteiger partial charge on any atom is 0.374 e. The Bertz CT molecular complexity index is 535. The van der Waals surface area contributed by atoms with Crippen LogP contribution in [0.1, 0.15) is 50.5 Å². The van der Waals surface area contributed by atoms with Crippen molar-refractivity contribution in [3.05, 3.63) is 35.9 Å². The molecule has 1 fully saturated rings. The third-order valence-electron chi connectivity index (χ3n) is 3.99. The molecule has 0 spiro atoms. The Hall–Kier alpha value is -2.17. The van der Waals surface area contributed by atoms with Crippen molar-refractivity contribution >= 4 is 17.7 Å². The van der Waals surface area contributed by atoms with Crippen LogP contribution in [0.3, 0.4) is 0 Å². The molecule has 1 aliphatic carbocycles. The minimum Gasteiger partial charge on any atom is -0.455 e. The Morgan fingerprint density at radius 1 is 1.00 bits per heavy atom. The maximum absolute atomic E-state index is 11.8. The number of Topliss-reactive ketones (excluding diaryl/α,β-unsaturated/α-hetero) is 1. The summed E-state index contributed by atoms with van der Waals surface area (Å²) in [6.45, 7) is 0.0691. The summed E-state index contributed by atoms with van der Waals surface area (Å²) >= 11 is 0. The van der Waals surface area contributed by atoms with Crippen LogP contribution in [-0.2, 0) is 25.7 Å². The molecule has 1 aromatic rings. The maximum atomic E-state index is 11.8. The highest BCUT2D eigenvalue weighted by molar-refractivity contribution is 6.33. The second kappa shape index (κ2) is 9.08. The zero-order chi connectivity index (χ0) is 16.5. The molecule has 0 heterocycles. The first-order chi connectivity index (χ1) is 11.1. The number of rotatable bonds is 7. The Balaban J connectivity index is 1.65. The van der Waals surface area contributed by atoms with Crippen molar-refractivity contribution < 1.29 is 19.1 Å². The van der Waals surface area contributed by atoms with Crippen molar-refractivity contribution in [1.82, 2.24) is 5.32 Å². The number of nitrogens with one attached hydrogen (secondary N) is 1. The smallest absolute Gasteiger partial charge is 0.374 e. The number of ether oxygens (including phenoxy) is 1. The van der Waals surface area contributed by atoms with E-state index in [0.29, 0.717) is 0 Å².